The van der Waals surface area contributed by atoms with Gasteiger partial charge >= 0.3 is 0 Å². The monoisotopic (exact) mass is 152 g/mol. The van der Waals surface area contributed by atoms with Gasteiger partial charge in [0.1, 0.15) is 0 Å². The molecular formula is C6H13ClO2. The van der Waals surface area contributed by atoms with Crippen LogP contribution >= 0.6 is 11.6 Å². The molecule has 2 nitrogen and oxygen atoms in total. The van der Waals surface area contributed by atoms with Crippen LogP contribution in [0.15, 0.2) is 0 Å². The van der Waals surface area contributed by atoms with Crippen molar-refractivity contribution in [3.63, 3.8) is 0 Å². The summed E-state index contributed by atoms with van der Waals surface area (Å²) in [7, 11) is 1.65. The lowest BCUT2D eigenvalue weighted by atomic mass is 10.4. The Kier molecular flexibility index (Phi) is 6.48. The average Bonchev–Trinajstić information content (AvgIpc) is 1.85. The van der Waals surface area contributed by atoms with E-state index in [0.717, 1.165) is 0 Å². The van der Waals surface area contributed by atoms with E-state index in [0.29, 0.717) is 19.1 Å². The highest BCUT2D eigenvalue weighted by Crippen LogP contribution is 1.90. The number of hydrogen-bond acceptors (Lipinski definition) is 2. The molecule has 1 unspecified atom stereocenters. The van der Waals surface area contributed by atoms with Crippen LogP contribution in [0.25, 0.3) is 0 Å². The predicted octanol–water partition coefficient (Wildman–Crippen LogP) is 1.28. The van der Waals surface area contributed by atoms with Gasteiger partial charge in [0.2, 0.25) is 0 Å². The normalized spacial score (nSPS) is 13.7. The van der Waals surface area contributed by atoms with Crippen LogP contribution in [0.4, 0.5) is 0 Å². The lowest BCUT2D eigenvalue weighted by Gasteiger charge is -2.09. The first-order valence-electron chi connectivity index (χ1n) is 2.97. The number of rotatable bonds is 5. The fourth-order valence-electron chi connectivity index (χ4n) is 0.529. The van der Waals surface area contributed by atoms with Gasteiger partial charge in [0.15, 0.2) is 0 Å². The second-order valence-electron chi connectivity index (χ2n) is 1.83. The van der Waals surface area contributed by atoms with Crippen LogP contribution in [0.2, 0.25) is 0 Å². The van der Waals surface area contributed by atoms with E-state index in [-0.39, 0.29) is 6.10 Å². The number of ether oxygens (including phenoxy) is 2. The van der Waals surface area contributed by atoms with Crippen LogP contribution < -0.4 is 0 Å². The predicted molar refractivity (Wildman–Crippen MR) is 38.0 cm³/mol. The van der Waals surface area contributed by atoms with Crippen molar-refractivity contribution in [2.75, 3.05) is 26.2 Å². The van der Waals surface area contributed by atoms with Gasteiger partial charge in [0, 0.05) is 13.0 Å². The van der Waals surface area contributed by atoms with Gasteiger partial charge in [-0.1, -0.05) is 0 Å². The smallest absolute Gasteiger partial charge is 0.0780 e. The first-order valence-corrected chi connectivity index (χ1v) is 3.51. The molecule has 0 fully saturated rings. The van der Waals surface area contributed by atoms with E-state index in [2.05, 4.69) is 0 Å². The maximum absolute atomic E-state index is 5.38. The highest BCUT2D eigenvalue weighted by molar-refractivity contribution is 6.17. The third-order valence-corrected chi connectivity index (χ3v) is 1.04. The molecule has 0 saturated heterocycles. The zero-order valence-electron chi connectivity index (χ0n) is 5.89. The van der Waals surface area contributed by atoms with E-state index in [1.54, 1.807) is 7.11 Å². The maximum atomic E-state index is 5.38. The minimum atomic E-state index is 0.161. The van der Waals surface area contributed by atoms with Crippen molar-refractivity contribution in [1.82, 2.24) is 0 Å². The molecule has 0 rings (SSSR count). The molecule has 0 amide bonds. The molecule has 0 saturated carbocycles. The second-order valence-corrected chi connectivity index (χ2v) is 2.20. The van der Waals surface area contributed by atoms with Gasteiger partial charge in [-0.2, -0.15) is 0 Å². The number of hydrogen-bond donors (Lipinski definition) is 0. The fraction of sp³-hybridized carbons (Fsp3) is 1.00. The van der Waals surface area contributed by atoms with Crippen LogP contribution in [-0.2, 0) is 9.47 Å². The highest BCUT2D eigenvalue weighted by atomic mass is 35.5. The van der Waals surface area contributed by atoms with Crippen molar-refractivity contribution in [1.29, 1.82) is 0 Å². The molecule has 3 heteroatoms. The zero-order valence-corrected chi connectivity index (χ0v) is 6.65. The summed E-state index contributed by atoms with van der Waals surface area (Å²) in [4.78, 5) is 0. The Morgan fingerprint density at radius 1 is 1.56 bits per heavy atom. The Bertz CT molecular complexity index is 59.0. The van der Waals surface area contributed by atoms with Gasteiger partial charge in [-0.15, -0.1) is 11.6 Å². The highest BCUT2D eigenvalue weighted by Gasteiger charge is 1.97. The summed E-state index contributed by atoms with van der Waals surface area (Å²) in [5.41, 5.74) is 0. The van der Waals surface area contributed by atoms with Crippen molar-refractivity contribution < 1.29 is 9.47 Å². The standard InChI is InChI=1S/C6H13ClO2/c1-6(5-8-2)9-4-3-7/h6H,3-5H2,1-2H3. The van der Waals surface area contributed by atoms with Gasteiger partial charge in [-0.3, -0.25) is 0 Å². The molecule has 0 aliphatic rings. The minimum absolute atomic E-state index is 0.161. The molecule has 0 heterocycles. The molecule has 0 aromatic rings. The number of halogens is 1. The zero-order chi connectivity index (χ0) is 7.11. The van der Waals surface area contributed by atoms with E-state index in [4.69, 9.17) is 21.1 Å². The third kappa shape index (κ3) is 6.09. The van der Waals surface area contributed by atoms with Crippen LogP contribution in [0.3, 0.4) is 0 Å². The van der Waals surface area contributed by atoms with Crippen molar-refractivity contribution in [3.05, 3.63) is 0 Å². The van der Waals surface area contributed by atoms with Gasteiger partial charge in [-0.25, -0.2) is 0 Å². The lowest BCUT2D eigenvalue weighted by Crippen LogP contribution is -2.15. The van der Waals surface area contributed by atoms with Crippen molar-refractivity contribution in [3.8, 4) is 0 Å². The molecule has 0 aromatic heterocycles. The number of methoxy groups -OCH3 is 1. The topological polar surface area (TPSA) is 18.5 Å². The van der Waals surface area contributed by atoms with Crippen molar-refractivity contribution in [2.24, 2.45) is 0 Å². The Hall–Kier alpha value is 0.210. The quantitative estimate of drug-likeness (QED) is 0.553. The molecule has 0 aliphatic carbocycles. The van der Waals surface area contributed by atoms with Crippen LogP contribution in [0.5, 0.6) is 0 Å². The first-order chi connectivity index (χ1) is 4.31. The molecule has 0 radical (unpaired) electrons. The third-order valence-electron chi connectivity index (χ3n) is 0.881. The van der Waals surface area contributed by atoms with E-state index in [1.165, 1.54) is 0 Å². The van der Waals surface area contributed by atoms with Gasteiger partial charge in [0.25, 0.3) is 0 Å². The summed E-state index contributed by atoms with van der Waals surface area (Å²) in [5, 5.41) is 0. The second kappa shape index (κ2) is 6.33. The van der Waals surface area contributed by atoms with Crippen molar-refractivity contribution in [2.45, 2.75) is 13.0 Å². The average molecular weight is 153 g/mol. The molecule has 9 heavy (non-hydrogen) atoms. The van der Waals surface area contributed by atoms with E-state index in [1.807, 2.05) is 6.92 Å². The maximum Gasteiger partial charge on any atom is 0.0780 e. The van der Waals surface area contributed by atoms with E-state index < -0.39 is 0 Å². The summed E-state index contributed by atoms with van der Waals surface area (Å²) in [6.45, 7) is 3.19. The summed E-state index contributed by atoms with van der Waals surface area (Å²) < 4.78 is 10.0. The molecule has 0 aromatic carbocycles. The first kappa shape index (κ1) is 9.21. The Labute approximate surface area is 61.1 Å². The molecular weight excluding hydrogens is 140 g/mol. The molecule has 0 spiro atoms. The Balaban J connectivity index is 2.95. The molecule has 0 aliphatic heterocycles. The molecule has 1 atom stereocenters. The summed E-state index contributed by atoms with van der Waals surface area (Å²) in [6.07, 6.45) is 0.161. The van der Waals surface area contributed by atoms with Gasteiger partial charge in [-0.05, 0) is 6.92 Å². The Morgan fingerprint density at radius 2 is 2.22 bits per heavy atom. The lowest BCUT2D eigenvalue weighted by molar-refractivity contribution is 0.0164. The summed E-state index contributed by atoms with van der Waals surface area (Å²) in [5.74, 6) is 0.550. The SMILES string of the molecule is COCC(C)OCCCl. The van der Waals surface area contributed by atoms with E-state index in [9.17, 15) is 0 Å². The fourth-order valence-corrected chi connectivity index (χ4v) is 0.618. The van der Waals surface area contributed by atoms with Crippen LogP contribution in [-0.4, -0.2) is 32.3 Å². The largest absolute Gasteiger partial charge is 0.382 e. The van der Waals surface area contributed by atoms with Crippen LogP contribution in [0, 0.1) is 0 Å². The molecule has 0 N–H and O–H groups in total. The minimum Gasteiger partial charge on any atom is -0.382 e. The summed E-state index contributed by atoms with van der Waals surface area (Å²) in [6, 6.07) is 0. The molecule has 56 valence electrons. The Morgan fingerprint density at radius 3 is 2.67 bits per heavy atom. The van der Waals surface area contributed by atoms with Gasteiger partial charge < -0.3 is 9.47 Å². The van der Waals surface area contributed by atoms with Crippen LogP contribution in [0.1, 0.15) is 6.92 Å². The summed E-state index contributed by atoms with van der Waals surface area (Å²) >= 11 is 5.38. The van der Waals surface area contributed by atoms with E-state index >= 15 is 0 Å². The van der Waals surface area contributed by atoms with Crippen molar-refractivity contribution >= 4 is 11.6 Å². The molecule has 0 bridgehead atoms. The van der Waals surface area contributed by atoms with Gasteiger partial charge in [0.05, 0.1) is 19.3 Å². The number of alkyl halides is 1.